The summed E-state index contributed by atoms with van der Waals surface area (Å²) in [6.45, 7) is 8.93. The molecule has 2 amide bonds. The summed E-state index contributed by atoms with van der Waals surface area (Å²) in [6.07, 6.45) is 2.08. The lowest BCUT2D eigenvalue weighted by Crippen LogP contribution is -2.27. The van der Waals surface area contributed by atoms with Crippen LogP contribution in [0.5, 0.6) is 5.88 Å². The van der Waals surface area contributed by atoms with Crippen molar-refractivity contribution in [2.24, 2.45) is 5.92 Å². The number of aryl methyl sites for hydroxylation is 1. The van der Waals surface area contributed by atoms with Gasteiger partial charge in [-0.05, 0) is 31.7 Å². The van der Waals surface area contributed by atoms with Gasteiger partial charge in [0.1, 0.15) is 6.33 Å². The van der Waals surface area contributed by atoms with E-state index in [1.54, 1.807) is 4.90 Å². The Kier molecular flexibility index (Phi) is 11.0. The first kappa shape index (κ1) is 31.8. The van der Waals surface area contributed by atoms with Crippen molar-refractivity contribution in [1.29, 1.82) is 0 Å². The minimum atomic E-state index is -3.03. The molecule has 9 nitrogen and oxygen atoms in total. The van der Waals surface area contributed by atoms with Crippen LogP contribution in [0, 0.1) is 18.7 Å². The Hall–Kier alpha value is -3.74. The molecule has 0 bridgehead atoms. The van der Waals surface area contributed by atoms with E-state index in [4.69, 9.17) is 4.74 Å². The van der Waals surface area contributed by atoms with Gasteiger partial charge in [0.2, 0.25) is 17.6 Å². The van der Waals surface area contributed by atoms with E-state index in [9.17, 15) is 22.8 Å². The molecule has 0 saturated carbocycles. The maximum atomic E-state index is 14.1. The predicted octanol–water partition coefficient (Wildman–Crippen LogP) is 5.33. The SMILES string of the molecule is CC(=O)Nc1nc(CNC(=O)C(C)c2ccc(C)cc2)cs1.CC1CCN(c2ncnc(OCC(C)(F)F)c2F)C1. The zero-order valence-corrected chi connectivity index (χ0v) is 24.5. The summed E-state index contributed by atoms with van der Waals surface area (Å²) in [7, 11) is 0. The van der Waals surface area contributed by atoms with Gasteiger partial charge < -0.3 is 20.3 Å². The maximum Gasteiger partial charge on any atom is 0.278 e. The fourth-order valence-electron chi connectivity index (χ4n) is 3.92. The number of amides is 2. The molecule has 2 aromatic heterocycles. The molecule has 3 aromatic rings. The molecular formula is C28H35F3N6O3S. The number of rotatable bonds is 9. The molecule has 1 aliphatic rings. The van der Waals surface area contributed by atoms with E-state index < -0.39 is 24.2 Å². The number of alkyl halides is 2. The highest BCUT2D eigenvalue weighted by molar-refractivity contribution is 7.13. The van der Waals surface area contributed by atoms with E-state index in [1.165, 1.54) is 23.8 Å². The number of thiazole rings is 1. The number of anilines is 2. The first-order valence-corrected chi connectivity index (χ1v) is 14.0. The molecule has 2 atom stereocenters. The standard InChI is InChI=1S/C16H19N3O2S.C12H16F3N3O/c1-10-4-6-13(7-5-10)11(2)15(21)17-8-14-9-22-16(19-14)18-12(3)20;1-8-3-4-18(5-8)10-9(13)11(17-7-16-10)19-6-12(2,14)15/h4-7,9,11H,8H2,1-3H3,(H,17,21)(H,18,19,20);7-8H,3-6H2,1-2H3. The molecule has 1 aliphatic heterocycles. The summed E-state index contributed by atoms with van der Waals surface area (Å²) in [5, 5.41) is 7.86. The van der Waals surface area contributed by atoms with Crippen LogP contribution < -0.4 is 20.3 Å². The van der Waals surface area contributed by atoms with E-state index in [-0.39, 0.29) is 23.6 Å². The monoisotopic (exact) mass is 592 g/mol. The van der Waals surface area contributed by atoms with Crippen LogP contribution in [0.4, 0.5) is 24.1 Å². The summed E-state index contributed by atoms with van der Waals surface area (Å²) in [5.41, 5.74) is 2.89. The third kappa shape index (κ3) is 9.99. The normalized spacial score (nSPS) is 15.5. The summed E-state index contributed by atoms with van der Waals surface area (Å²) in [6, 6.07) is 7.94. The van der Waals surface area contributed by atoms with Crippen molar-refractivity contribution >= 4 is 34.1 Å². The lowest BCUT2D eigenvalue weighted by atomic mass is 9.99. The average Bonchev–Trinajstić information content (AvgIpc) is 3.54. The van der Waals surface area contributed by atoms with Gasteiger partial charge in [-0.3, -0.25) is 9.59 Å². The Morgan fingerprint density at radius 3 is 2.56 bits per heavy atom. The fraction of sp³-hybridized carbons (Fsp3) is 0.464. The molecule has 4 rings (SSSR count). The van der Waals surface area contributed by atoms with E-state index in [1.807, 2.05) is 43.5 Å². The van der Waals surface area contributed by atoms with Crippen LogP contribution in [0.15, 0.2) is 36.0 Å². The summed E-state index contributed by atoms with van der Waals surface area (Å²) in [5.74, 6) is -4.07. The van der Waals surface area contributed by atoms with Gasteiger partial charge in [0.15, 0.2) is 17.6 Å². The second-order valence-corrected chi connectivity index (χ2v) is 11.0. The van der Waals surface area contributed by atoms with E-state index >= 15 is 0 Å². The van der Waals surface area contributed by atoms with Gasteiger partial charge in [0, 0.05) is 32.3 Å². The van der Waals surface area contributed by atoms with Gasteiger partial charge >= 0.3 is 0 Å². The van der Waals surface area contributed by atoms with Gasteiger partial charge in [-0.15, -0.1) is 11.3 Å². The fourth-order valence-corrected chi connectivity index (χ4v) is 4.68. The molecule has 222 valence electrons. The largest absolute Gasteiger partial charge is 0.469 e. The van der Waals surface area contributed by atoms with E-state index in [2.05, 4.69) is 32.5 Å². The predicted molar refractivity (Wildman–Crippen MR) is 152 cm³/mol. The number of nitrogens with one attached hydrogen (secondary N) is 2. The van der Waals surface area contributed by atoms with Crippen LogP contribution in [0.1, 0.15) is 56.9 Å². The van der Waals surface area contributed by atoms with Gasteiger partial charge in [0.25, 0.3) is 11.8 Å². The first-order chi connectivity index (χ1) is 19.3. The number of carbonyl (C=O) groups excluding carboxylic acids is 2. The molecule has 0 aliphatic carbocycles. The number of benzene rings is 1. The molecule has 0 radical (unpaired) electrons. The van der Waals surface area contributed by atoms with Crippen LogP contribution in [0.3, 0.4) is 0 Å². The second kappa shape index (κ2) is 14.2. The number of nitrogens with zero attached hydrogens (tertiary/aromatic N) is 4. The first-order valence-electron chi connectivity index (χ1n) is 13.1. The molecule has 41 heavy (non-hydrogen) atoms. The molecule has 13 heteroatoms. The van der Waals surface area contributed by atoms with Crippen molar-refractivity contribution in [2.45, 2.75) is 59.4 Å². The quantitative estimate of drug-likeness (QED) is 0.346. The molecule has 0 spiro atoms. The molecule has 1 saturated heterocycles. The second-order valence-electron chi connectivity index (χ2n) is 10.2. The van der Waals surface area contributed by atoms with Crippen molar-refractivity contribution in [3.05, 3.63) is 58.6 Å². The Morgan fingerprint density at radius 2 is 1.95 bits per heavy atom. The zero-order valence-electron chi connectivity index (χ0n) is 23.7. The summed E-state index contributed by atoms with van der Waals surface area (Å²) >= 11 is 1.34. The number of carbonyl (C=O) groups is 2. The molecular weight excluding hydrogens is 557 g/mol. The van der Waals surface area contributed by atoms with Gasteiger partial charge in [0.05, 0.1) is 18.2 Å². The van der Waals surface area contributed by atoms with Crippen molar-refractivity contribution in [1.82, 2.24) is 20.3 Å². The van der Waals surface area contributed by atoms with Crippen molar-refractivity contribution in [3.63, 3.8) is 0 Å². The number of aromatic nitrogens is 3. The van der Waals surface area contributed by atoms with Crippen molar-refractivity contribution < 1.29 is 27.5 Å². The van der Waals surface area contributed by atoms with Crippen LogP contribution in [0.25, 0.3) is 0 Å². The van der Waals surface area contributed by atoms with Gasteiger partial charge in [-0.1, -0.05) is 36.8 Å². The van der Waals surface area contributed by atoms with Gasteiger partial charge in [-0.25, -0.2) is 18.7 Å². The van der Waals surface area contributed by atoms with E-state index in [0.717, 1.165) is 24.0 Å². The van der Waals surface area contributed by atoms with Crippen LogP contribution in [-0.2, 0) is 16.1 Å². The topological polar surface area (TPSA) is 109 Å². The maximum absolute atomic E-state index is 14.1. The Balaban J connectivity index is 0.000000228. The van der Waals surface area contributed by atoms with Crippen molar-refractivity contribution in [3.8, 4) is 5.88 Å². The van der Waals surface area contributed by atoms with Crippen molar-refractivity contribution in [2.75, 3.05) is 29.9 Å². The third-order valence-electron chi connectivity index (χ3n) is 6.17. The number of ether oxygens (including phenoxy) is 1. The number of hydrogen-bond acceptors (Lipinski definition) is 8. The number of hydrogen-bond donors (Lipinski definition) is 2. The summed E-state index contributed by atoms with van der Waals surface area (Å²) < 4.78 is 44.2. The minimum Gasteiger partial charge on any atom is -0.469 e. The number of halogens is 3. The van der Waals surface area contributed by atoms with Crippen LogP contribution >= 0.6 is 11.3 Å². The van der Waals surface area contributed by atoms with Crippen LogP contribution in [0.2, 0.25) is 0 Å². The molecule has 1 fully saturated rings. The highest BCUT2D eigenvalue weighted by Crippen LogP contribution is 2.28. The highest BCUT2D eigenvalue weighted by atomic mass is 32.1. The lowest BCUT2D eigenvalue weighted by molar-refractivity contribution is -0.122. The highest BCUT2D eigenvalue weighted by Gasteiger charge is 2.27. The zero-order chi connectivity index (χ0) is 30.2. The lowest BCUT2D eigenvalue weighted by Gasteiger charge is -2.18. The molecule has 2 N–H and O–H groups in total. The van der Waals surface area contributed by atoms with Crippen LogP contribution in [-0.4, -0.2) is 52.4 Å². The Bertz CT molecular complexity index is 1320. The molecule has 2 unspecified atom stereocenters. The van der Waals surface area contributed by atoms with Gasteiger partial charge in [-0.2, -0.15) is 9.37 Å². The third-order valence-corrected chi connectivity index (χ3v) is 6.98. The average molecular weight is 593 g/mol. The smallest absolute Gasteiger partial charge is 0.278 e. The Labute approximate surface area is 241 Å². The van der Waals surface area contributed by atoms with E-state index in [0.29, 0.717) is 37.6 Å². The Morgan fingerprint density at radius 1 is 1.24 bits per heavy atom. The summed E-state index contributed by atoms with van der Waals surface area (Å²) in [4.78, 5) is 36.6. The minimum absolute atomic E-state index is 0.0436. The molecule has 3 heterocycles. The molecule has 1 aromatic carbocycles.